The topological polar surface area (TPSA) is 29.5 Å². The molecule has 1 aliphatic heterocycles. The van der Waals surface area contributed by atoms with Crippen molar-refractivity contribution in [1.29, 1.82) is 0 Å². The van der Waals surface area contributed by atoms with Crippen molar-refractivity contribution in [1.82, 2.24) is 4.90 Å². The Balaban J connectivity index is 1.72. The highest BCUT2D eigenvalue weighted by Crippen LogP contribution is 2.28. The van der Waals surface area contributed by atoms with Crippen LogP contribution < -0.4 is 0 Å². The summed E-state index contributed by atoms with van der Waals surface area (Å²) in [6.07, 6.45) is 0.940. The Morgan fingerprint density at radius 2 is 1.86 bits per heavy atom. The average Bonchev–Trinajstić information content (AvgIpc) is 2.62. The van der Waals surface area contributed by atoms with Crippen LogP contribution in [0.1, 0.15) is 40.6 Å². The van der Waals surface area contributed by atoms with Gasteiger partial charge in [-0.25, -0.2) is 0 Å². The van der Waals surface area contributed by atoms with Crippen molar-refractivity contribution in [3.63, 3.8) is 0 Å². The van der Waals surface area contributed by atoms with Gasteiger partial charge >= 0.3 is 0 Å². The zero-order valence-electron chi connectivity index (χ0n) is 12.8. The zero-order valence-corrected chi connectivity index (χ0v) is 12.8. The van der Waals surface area contributed by atoms with Gasteiger partial charge in [-0.3, -0.25) is 9.69 Å². The molecule has 0 radical (unpaired) electrons. The molecule has 0 bridgehead atoms. The lowest BCUT2D eigenvalue weighted by molar-refractivity contribution is -0.0431. The number of benzene rings is 2. The van der Waals surface area contributed by atoms with Crippen molar-refractivity contribution in [3.05, 3.63) is 71.3 Å². The van der Waals surface area contributed by atoms with Crippen LogP contribution in [0.15, 0.2) is 54.6 Å². The smallest absolute Gasteiger partial charge is 0.150 e. The first-order valence-corrected chi connectivity index (χ1v) is 7.73. The number of nitrogens with zero attached hydrogens (tertiary/aromatic N) is 1. The van der Waals surface area contributed by atoms with Crippen LogP contribution in [-0.4, -0.2) is 30.9 Å². The minimum Gasteiger partial charge on any atom is -0.371 e. The number of hydrogen-bond acceptors (Lipinski definition) is 3. The molecule has 3 rings (SSSR count). The number of rotatable bonds is 4. The number of morpholine rings is 1. The van der Waals surface area contributed by atoms with E-state index in [0.717, 1.165) is 31.5 Å². The second-order valence-electron chi connectivity index (χ2n) is 5.73. The highest BCUT2D eigenvalue weighted by molar-refractivity contribution is 5.74. The monoisotopic (exact) mass is 295 g/mol. The molecule has 0 N–H and O–H groups in total. The molecule has 22 heavy (non-hydrogen) atoms. The van der Waals surface area contributed by atoms with Crippen LogP contribution in [0.3, 0.4) is 0 Å². The van der Waals surface area contributed by atoms with Gasteiger partial charge in [0.05, 0.1) is 12.7 Å². The van der Waals surface area contributed by atoms with Gasteiger partial charge < -0.3 is 4.74 Å². The number of ether oxygens (including phenoxy) is 1. The van der Waals surface area contributed by atoms with Crippen molar-refractivity contribution < 1.29 is 9.53 Å². The molecule has 1 heterocycles. The molecule has 0 saturated carbocycles. The minimum absolute atomic E-state index is 0.0700. The molecule has 2 aromatic rings. The van der Waals surface area contributed by atoms with E-state index in [1.165, 1.54) is 5.56 Å². The third-order valence-electron chi connectivity index (χ3n) is 4.37. The Morgan fingerprint density at radius 1 is 1.14 bits per heavy atom. The van der Waals surface area contributed by atoms with Gasteiger partial charge in [0.2, 0.25) is 0 Å². The number of carbonyl (C=O) groups is 1. The van der Waals surface area contributed by atoms with Crippen LogP contribution in [0.5, 0.6) is 0 Å². The van der Waals surface area contributed by atoms with Crippen LogP contribution in [-0.2, 0) is 4.74 Å². The van der Waals surface area contributed by atoms with Gasteiger partial charge in [-0.05, 0) is 18.1 Å². The van der Waals surface area contributed by atoms with Crippen LogP contribution in [0, 0.1) is 0 Å². The SMILES string of the molecule is CC(c1ccccc1)N1CCOC(c2ccc(C=O)cc2)C1. The number of carbonyl (C=O) groups excluding carboxylic acids is 1. The molecule has 3 heteroatoms. The van der Waals surface area contributed by atoms with Crippen molar-refractivity contribution in [2.75, 3.05) is 19.7 Å². The first-order valence-electron chi connectivity index (χ1n) is 7.73. The van der Waals surface area contributed by atoms with Crippen molar-refractivity contribution in [2.45, 2.75) is 19.1 Å². The van der Waals surface area contributed by atoms with E-state index in [4.69, 9.17) is 4.74 Å². The van der Waals surface area contributed by atoms with Crippen LogP contribution in [0.4, 0.5) is 0 Å². The molecule has 0 aliphatic carbocycles. The Kier molecular flexibility index (Phi) is 4.66. The van der Waals surface area contributed by atoms with Crippen molar-refractivity contribution in [2.24, 2.45) is 0 Å². The Bertz CT molecular complexity index is 609. The predicted molar refractivity (Wildman–Crippen MR) is 87.0 cm³/mol. The lowest BCUT2D eigenvalue weighted by atomic mass is 10.0. The number of aldehydes is 1. The van der Waals surface area contributed by atoms with E-state index in [0.29, 0.717) is 11.6 Å². The summed E-state index contributed by atoms with van der Waals surface area (Å²) in [4.78, 5) is 13.2. The van der Waals surface area contributed by atoms with E-state index in [1.54, 1.807) is 0 Å². The fourth-order valence-electron chi connectivity index (χ4n) is 2.95. The molecular formula is C19H21NO2. The summed E-state index contributed by atoms with van der Waals surface area (Å²) < 4.78 is 5.92. The maximum Gasteiger partial charge on any atom is 0.150 e. The lowest BCUT2D eigenvalue weighted by Gasteiger charge is -2.37. The van der Waals surface area contributed by atoms with Crippen molar-refractivity contribution >= 4 is 6.29 Å². The van der Waals surface area contributed by atoms with Gasteiger partial charge in [0, 0.05) is 24.7 Å². The summed E-state index contributed by atoms with van der Waals surface area (Å²) in [6.45, 7) is 4.79. The third kappa shape index (κ3) is 3.26. The van der Waals surface area contributed by atoms with Gasteiger partial charge in [0.1, 0.15) is 6.29 Å². The minimum atomic E-state index is 0.0700. The normalized spacial score (nSPS) is 20.5. The van der Waals surface area contributed by atoms with E-state index >= 15 is 0 Å². The molecule has 2 aromatic carbocycles. The quantitative estimate of drug-likeness (QED) is 0.807. The maximum absolute atomic E-state index is 10.8. The standard InChI is InChI=1S/C19H21NO2/c1-15(17-5-3-2-4-6-17)20-11-12-22-19(13-20)18-9-7-16(14-21)8-10-18/h2-10,14-15,19H,11-13H2,1H3. The average molecular weight is 295 g/mol. The summed E-state index contributed by atoms with van der Waals surface area (Å²) in [5.41, 5.74) is 3.17. The fourth-order valence-corrected chi connectivity index (χ4v) is 2.95. The largest absolute Gasteiger partial charge is 0.371 e. The molecule has 0 spiro atoms. The Labute approximate surface area is 131 Å². The van der Waals surface area contributed by atoms with Crippen LogP contribution in [0.2, 0.25) is 0 Å². The Morgan fingerprint density at radius 3 is 2.55 bits per heavy atom. The van der Waals surface area contributed by atoms with E-state index in [-0.39, 0.29) is 6.10 Å². The van der Waals surface area contributed by atoms with Gasteiger partial charge in [-0.2, -0.15) is 0 Å². The first-order chi connectivity index (χ1) is 10.8. The molecule has 3 nitrogen and oxygen atoms in total. The fraction of sp³-hybridized carbons (Fsp3) is 0.316. The van der Waals surface area contributed by atoms with Gasteiger partial charge in [-0.1, -0.05) is 54.6 Å². The highest BCUT2D eigenvalue weighted by Gasteiger charge is 2.25. The highest BCUT2D eigenvalue weighted by atomic mass is 16.5. The second kappa shape index (κ2) is 6.86. The molecule has 0 amide bonds. The summed E-state index contributed by atoms with van der Waals surface area (Å²) in [5.74, 6) is 0. The molecule has 2 unspecified atom stereocenters. The Hall–Kier alpha value is -1.97. The van der Waals surface area contributed by atoms with Crippen LogP contribution >= 0.6 is 0 Å². The molecular weight excluding hydrogens is 274 g/mol. The molecule has 114 valence electrons. The van der Waals surface area contributed by atoms with Crippen LogP contribution in [0.25, 0.3) is 0 Å². The lowest BCUT2D eigenvalue weighted by Crippen LogP contribution is -2.39. The second-order valence-corrected chi connectivity index (χ2v) is 5.73. The molecule has 1 aliphatic rings. The van der Waals surface area contributed by atoms with Crippen molar-refractivity contribution in [3.8, 4) is 0 Å². The number of hydrogen-bond donors (Lipinski definition) is 0. The first kappa shape index (κ1) is 14.9. The van der Waals surface area contributed by atoms with E-state index in [2.05, 4.69) is 36.1 Å². The summed E-state index contributed by atoms with van der Waals surface area (Å²) >= 11 is 0. The third-order valence-corrected chi connectivity index (χ3v) is 4.37. The molecule has 1 fully saturated rings. The molecule has 2 atom stereocenters. The van der Waals surface area contributed by atoms with E-state index < -0.39 is 0 Å². The van der Waals surface area contributed by atoms with Gasteiger partial charge in [0.15, 0.2) is 0 Å². The maximum atomic E-state index is 10.8. The molecule has 1 saturated heterocycles. The summed E-state index contributed by atoms with van der Waals surface area (Å²) in [6, 6.07) is 18.6. The summed E-state index contributed by atoms with van der Waals surface area (Å²) in [5, 5.41) is 0. The zero-order chi connectivity index (χ0) is 15.4. The van der Waals surface area contributed by atoms with E-state index in [9.17, 15) is 4.79 Å². The van der Waals surface area contributed by atoms with Gasteiger partial charge in [-0.15, -0.1) is 0 Å². The molecule has 0 aromatic heterocycles. The van der Waals surface area contributed by atoms with Gasteiger partial charge in [0.25, 0.3) is 0 Å². The van der Waals surface area contributed by atoms with E-state index in [1.807, 2.05) is 30.3 Å². The predicted octanol–water partition coefficient (Wildman–Crippen LogP) is 3.63. The summed E-state index contributed by atoms with van der Waals surface area (Å²) in [7, 11) is 0.